The largest absolute Gasteiger partial charge is 0.350 e. The summed E-state index contributed by atoms with van der Waals surface area (Å²) in [5.74, 6) is 0.307. The Labute approximate surface area is 172 Å². The van der Waals surface area contributed by atoms with Crippen molar-refractivity contribution in [2.24, 2.45) is 0 Å². The maximum atomic E-state index is 13.6. The van der Waals surface area contributed by atoms with E-state index in [2.05, 4.69) is 10.3 Å². The van der Waals surface area contributed by atoms with Gasteiger partial charge in [-0.05, 0) is 43.9 Å². The third kappa shape index (κ3) is 5.41. The molecule has 1 atom stereocenters. The summed E-state index contributed by atoms with van der Waals surface area (Å²) in [6.07, 6.45) is 0. The molecule has 1 aromatic heterocycles. The first-order valence-corrected chi connectivity index (χ1v) is 10.8. The Morgan fingerprint density at radius 2 is 2.07 bits per heavy atom. The molecule has 1 amide bonds. The van der Waals surface area contributed by atoms with Crippen LogP contribution in [0.3, 0.4) is 0 Å². The monoisotopic (exact) mass is 415 g/mol. The summed E-state index contributed by atoms with van der Waals surface area (Å²) < 4.78 is 13.6. The van der Waals surface area contributed by atoms with Gasteiger partial charge in [0, 0.05) is 22.6 Å². The van der Waals surface area contributed by atoms with Crippen LogP contribution in [-0.4, -0.2) is 36.4 Å². The molecular formula is C21H22FN3OS2. The molecule has 0 aliphatic rings. The Morgan fingerprint density at radius 3 is 2.79 bits per heavy atom. The SMILES string of the molecule is CN(C)C(CNC(=O)c1ccccc1SCc1cscn1)c1cccc(F)c1. The van der Waals surface area contributed by atoms with Crippen LogP contribution in [-0.2, 0) is 5.75 Å². The van der Waals surface area contributed by atoms with Crippen molar-refractivity contribution in [2.75, 3.05) is 20.6 Å². The molecule has 0 spiro atoms. The molecular weight excluding hydrogens is 393 g/mol. The highest BCUT2D eigenvalue weighted by molar-refractivity contribution is 7.98. The number of rotatable bonds is 8. The fourth-order valence-corrected chi connectivity index (χ4v) is 4.45. The summed E-state index contributed by atoms with van der Waals surface area (Å²) in [6, 6.07) is 13.9. The number of benzene rings is 2. The molecule has 0 saturated carbocycles. The zero-order valence-electron chi connectivity index (χ0n) is 15.8. The van der Waals surface area contributed by atoms with Gasteiger partial charge in [0.1, 0.15) is 5.82 Å². The van der Waals surface area contributed by atoms with Crippen molar-refractivity contribution >= 4 is 29.0 Å². The summed E-state index contributed by atoms with van der Waals surface area (Å²) in [4.78, 5) is 20.0. The van der Waals surface area contributed by atoms with Gasteiger partial charge < -0.3 is 10.2 Å². The average molecular weight is 416 g/mol. The normalized spacial score (nSPS) is 12.1. The maximum absolute atomic E-state index is 13.6. The third-order valence-corrected chi connectivity index (χ3v) is 6.05. The van der Waals surface area contributed by atoms with E-state index in [0.29, 0.717) is 12.1 Å². The van der Waals surface area contributed by atoms with Crippen LogP contribution in [0.4, 0.5) is 4.39 Å². The van der Waals surface area contributed by atoms with Crippen molar-refractivity contribution in [3.63, 3.8) is 0 Å². The Morgan fingerprint density at radius 1 is 1.25 bits per heavy atom. The lowest BCUT2D eigenvalue weighted by molar-refractivity contribution is 0.0939. The molecule has 146 valence electrons. The standard InChI is InChI=1S/C21H22FN3OS2/c1-25(2)19(15-6-5-7-16(22)10-15)11-23-21(26)18-8-3-4-9-20(18)28-13-17-12-27-14-24-17/h3-10,12,14,19H,11,13H2,1-2H3,(H,23,26). The molecule has 2 aromatic carbocycles. The van der Waals surface area contributed by atoms with Gasteiger partial charge in [-0.2, -0.15) is 0 Å². The van der Waals surface area contributed by atoms with Crippen LogP contribution in [0.2, 0.25) is 0 Å². The van der Waals surface area contributed by atoms with E-state index in [4.69, 9.17) is 0 Å². The molecule has 4 nitrogen and oxygen atoms in total. The van der Waals surface area contributed by atoms with Crippen molar-refractivity contribution in [1.82, 2.24) is 15.2 Å². The van der Waals surface area contributed by atoms with Gasteiger partial charge in [-0.25, -0.2) is 9.37 Å². The molecule has 0 aliphatic carbocycles. The van der Waals surface area contributed by atoms with Crippen LogP contribution in [0.5, 0.6) is 0 Å². The number of amides is 1. The fourth-order valence-electron chi connectivity index (χ4n) is 2.84. The van der Waals surface area contributed by atoms with E-state index in [1.165, 1.54) is 12.1 Å². The van der Waals surface area contributed by atoms with Crippen LogP contribution in [0.15, 0.2) is 64.3 Å². The lowest BCUT2D eigenvalue weighted by Gasteiger charge is -2.25. The van der Waals surface area contributed by atoms with Crippen LogP contribution in [0.25, 0.3) is 0 Å². The van der Waals surface area contributed by atoms with Crippen LogP contribution < -0.4 is 5.32 Å². The number of likely N-dealkylation sites (N-methyl/N-ethyl adjacent to an activating group) is 1. The molecule has 0 radical (unpaired) electrons. The predicted octanol–water partition coefficient (Wildman–Crippen LogP) is 4.61. The Kier molecular flexibility index (Phi) is 7.19. The minimum absolute atomic E-state index is 0.116. The lowest BCUT2D eigenvalue weighted by Crippen LogP contribution is -2.34. The summed E-state index contributed by atoms with van der Waals surface area (Å²) in [6.45, 7) is 0.389. The van der Waals surface area contributed by atoms with Crippen LogP contribution in [0, 0.1) is 5.82 Å². The van der Waals surface area contributed by atoms with Gasteiger partial charge in [-0.3, -0.25) is 4.79 Å². The zero-order valence-corrected chi connectivity index (χ0v) is 17.4. The van der Waals surface area contributed by atoms with Gasteiger partial charge in [0.25, 0.3) is 5.91 Å². The van der Waals surface area contributed by atoms with E-state index in [0.717, 1.165) is 21.9 Å². The predicted molar refractivity (Wildman–Crippen MR) is 113 cm³/mol. The molecule has 3 aromatic rings. The minimum Gasteiger partial charge on any atom is -0.350 e. The number of thioether (sulfide) groups is 1. The first-order chi connectivity index (χ1) is 13.5. The molecule has 0 fully saturated rings. The van der Waals surface area contributed by atoms with E-state index < -0.39 is 0 Å². The van der Waals surface area contributed by atoms with E-state index in [9.17, 15) is 9.18 Å². The van der Waals surface area contributed by atoms with Crippen LogP contribution >= 0.6 is 23.1 Å². The number of hydrogen-bond acceptors (Lipinski definition) is 5. The molecule has 28 heavy (non-hydrogen) atoms. The summed E-state index contributed by atoms with van der Waals surface area (Å²) >= 11 is 3.16. The number of aromatic nitrogens is 1. The Bertz CT molecular complexity index is 916. The summed E-state index contributed by atoms with van der Waals surface area (Å²) in [5.41, 5.74) is 4.28. The number of hydrogen-bond donors (Lipinski definition) is 1. The fraction of sp³-hybridized carbons (Fsp3) is 0.238. The molecule has 0 aliphatic heterocycles. The second-order valence-electron chi connectivity index (χ2n) is 6.51. The molecule has 0 saturated heterocycles. The topological polar surface area (TPSA) is 45.2 Å². The summed E-state index contributed by atoms with van der Waals surface area (Å²) in [5, 5.41) is 5.01. The highest BCUT2D eigenvalue weighted by atomic mass is 32.2. The third-order valence-electron chi connectivity index (χ3n) is 4.30. The molecule has 1 unspecified atom stereocenters. The number of halogens is 1. The van der Waals surface area contributed by atoms with Gasteiger partial charge >= 0.3 is 0 Å². The number of thiazole rings is 1. The Balaban J connectivity index is 1.68. The first-order valence-electron chi connectivity index (χ1n) is 8.83. The van der Waals surface area contributed by atoms with Gasteiger partial charge in [0.05, 0.1) is 22.8 Å². The van der Waals surface area contributed by atoms with Gasteiger partial charge in [0.15, 0.2) is 0 Å². The molecule has 3 rings (SSSR count). The number of nitrogens with one attached hydrogen (secondary N) is 1. The number of carbonyl (C=O) groups excluding carboxylic acids is 1. The molecule has 1 heterocycles. The van der Waals surface area contributed by atoms with Crippen molar-refractivity contribution in [1.29, 1.82) is 0 Å². The van der Waals surface area contributed by atoms with Crippen molar-refractivity contribution in [3.05, 3.63) is 82.1 Å². The summed E-state index contributed by atoms with van der Waals surface area (Å²) in [7, 11) is 3.83. The first kappa shape index (κ1) is 20.5. The van der Waals surface area contributed by atoms with Crippen molar-refractivity contribution < 1.29 is 9.18 Å². The lowest BCUT2D eigenvalue weighted by atomic mass is 10.1. The van der Waals surface area contributed by atoms with E-state index in [1.54, 1.807) is 29.2 Å². The average Bonchev–Trinajstić information content (AvgIpc) is 3.20. The van der Waals surface area contributed by atoms with E-state index in [-0.39, 0.29) is 17.8 Å². The van der Waals surface area contributed by atoms with Gasteiger partial charge in [0.2, 0.25) is 0 Å². The Hall–Kier alpha value is -2.22. The zero-order chi connectivity index (χ0) is 19.9. The second kappa shape index (κ2) is 9.82. The number of nitrogens with zero attached hydrogens (tertiary/aromatic N) is 2. The highest BCUT2D eigenvalue weighted by Crippen LogP contribution is 2.26. The molecule has 0 bridgehead atoms. The molecule has 1 N–H and O–H groups in total. The van der Waals surface area contributed by atoms with Crippen molar-refractivity contribution in [3.8, 4) is 0 Å². The number of carbonyl (C=O) groups is 1. The quantitative estimate of drug-likeness (QED) is 0.546. The second-order valence-corrected chi connectivity index (χ2v) is 8.24. The highest BCUT2D eigenvalue weighted by Gasteiger charge is 2.18. The van der Waals surface area contributed by atoms with E-state index >= 15 is 0 Å². The van der Waals surface area contributed by atoms with Gasteiger partial charge in [-0.1, -0.05) is 24.3 Å². The van der Waals surface area contributed by atoms with E-state index in [1.807, 2.05) is 60.2 Å². The van der Waals surface area contributed by atoms with Crippen molar-refractivity contribution in [2.45, 2.75) is 16.7 Å². The minimum atomic E-state index is -0.278. The van der Waals surface area contributed by atoms with Crippen LogP contribution in [0.1, 0.15) is 27.7 Å². The molecule has 7 heteroatoms. The van der Waals surface area contributed by atoms with Gasteiger partial charge in [-0.15, -0.1) is 23.1 Å². The maximum Gasteiger partial charge on any atom is 0.252 e. The smallest absolute Gasteiger partial charge is 0.252 e.